The summed E-state index contributed by atoms with van der Waals surface area (Å²) in [7, 11) is 0. The van der Waals surface area contributed by atoms with E-state index < -0.39 is 0 Å². The third kappa shape index (κ3) is 5.12. The molecule has 0 aliphatic carbocycles. The number of piperidine rings is 1. The first-order chi connectivity index (χ1) is 14.7. The van der Waals surface area contributed by atoms with Gasteiger partial charge in [0.15, 0.2) is 0 Å². The van der Waals surface area contributed by atoms with Gasteiger partial charge in [0.05, 0.1) is 17.9 Å². The van der Waals surface area contributed by atoms with E-state index in [9.17, 15) is 0 Å². The van der Waals surface area contributed by atoms with Gasteiger partial charge in [-0.1, -0.05) is 19.1 Å². The maximum atomic E-state index is 4.73. The van der Waals surface area contributed by atoms with E-state index in [0.717, 1.165) is 57.8 Å². The lowest BCUT2D eigenvalue weighted by atomic mass is 10.0. The number of nitrogens with zero attached hydrogens (tertiary/aromatic N) is 5. The molecule has 3 aromatic heterocycles. The molecule has 0 atom stereocenters. The van der Waals surface area contributed by atoms with Crippen LogP contribution in [-0.2, 0) is 26.1 Å². The van der Waals surface area contributed by atoms with Gasteiger partial charge in [0.1, 0.15) is 5.82 Å². The standard InChI is InChI=1S/C24H32N6/c1-3-20-7-5-11-26-23(20)17-30(16-22-19(2)6-4-10-25-22)21-8-14-29(15-9-21)18-24-27-12-13-28-24/h4-7,10-13,21H,3,8-9,14-18H2,1-2H3,(H,27,28). The van der Waals surface area contributed by atoms with Crippen molar-refractivity contribution in [3.05, 3.63) is 77.4 Å². The Kier molecular flexibility index (Phi) is 6.87. The molecule has 0 bridgehead atoms. The summed E-state index contributed by atoms with van der Waals surface area (Å²) >= 11 is 0. The highest BCUT2D eigenvalue weighted by Gasteiger charge is 2.26. The van der Waals surface area contributed by atoms with Gasteiger partial charge in [0.25, 0.3) is 0 Å². The Morgan fingerprint density at radius 2 is 1.73 bits per heavy atom. The van der Waals surface area contributed by atoms with Gasteiger partial charge in [0, 0.05) is 57.0 Å². The third-order valence-electron chi connectivity index (χ3n) is 6.19. The van der Waals surface area contributed by atoms with Crippen LogP contribution in [0.15, 0.2) is 49.1 Å². The molecular formula is C24H32N6. The van der Waals surface area contributed by atoms with Gasteiger partial charge in [-0.15, -0.1) is 0 Å². The van der Waals surface area contributed by atoms with Gasteiger partial charge in [-0.3, -0.25) is 19.8 Å². The van der Waals surface area contributed by atoms with Crippen molar-refractivity contribution in [2.75, 3.05) is 13.1 Å². The summed E-state index contributed by atoms with van der Waals surface area (Å²) in [4.78, 5) is 22.1. The number of rotatable bonds is 8. The number of nitrogens with one attached hydrogen (secondary N) is 1. The molecular weight excluding hydrogens is 372 g/mol. The quantitative estimate of drug-likeness (QED) is 0.620. The van der Waals surface area contributed by atoms with Gasteiger partial charge in [0.2, 0.25) is 0 Å². The second-order valence-corrected chi connectivity index (χ2v) is 8.18. The van der Waals surface area contributed by atoms with Crippen LogP contribution < -0.4 is 0 Å². The van der Waals surface area contributed by atoms with Gasteiger partial charge in [-0.25, -0.2) is 4.98 Å². The van der Waals surface area contributed by atoms with Crippen molar-refractivity contribution >= 4 is 0 Å². The lowest BCUT2D eigenvalue weighted by Gasteiger charge is -2.38. The molecule has 30 heavy (non-hydrogen) atoms. The Balaban J connectivity index is 1.48. The number of hydrogen-bond acceptors (Lipinski definition) is 5. The fourth-order valence-corrected chi connectivity index (χ4v) is 4.36. The molecule has 6 heteroatoms. The predicted molar refractivity (Wildman–Crippen MR) is 119 cm³/mol. The van der Waals surface area contributed by atoms with Crippen LogP contribution in [0.3, 0.4) is 0 Å². The summed E-state index contributed by atoms with van der Waals surface area (Å²) in [5.41, 5.74) is 4.97. The van der Waals surface area contributed by atoms with Crippen molar-refractivity contribution < 1.29 is 0 Å². The van der Waals surface area contributed by atoms with Gasteiger partial charge in [-0.2, -0.15) is 0 Å². The zero-order valence-electron chi connectivity index (χ0n) is 18.1. The Labute approximate surface area is 179 Å². The second kappa shape index (κ2) is 9.96. The molecule has 0 radical (unpaired) electrons. The zero-order valence-corrected chi connectivity index (χ0v) is 18.1. The van der Waals surface area contributed by atoms with Crippen molar-refractivity contribution in [1.29, 1.82) is 0 Å². The van der Waals surface area contributed by atoms with E-state index in [2.05, 4.69) is 50.7 Å². The molecule has 6 nitrogen and oxygen atoms in total. The molecule has 4 rings (SSSR count). The molecule has 0 aromatic carbocycles. The van der Waals surface area contributed by atoms with E-state index in [1.54, 1.807) is 0 Å². The fourth-order valence-electron chi connectivity index (χ4n) is 4.36. The van der Waals surface area contributed by atoms with Crippen molar-refractivity contribution in [1.82, 2.24) is 29.7 Å². The van der Waals surface area contributed by atoms with Crippen molar-refractivity contribution in [3.63, 3.8) is 0 Å². The first-order valence-corrected chi connectivity index (χ1v) is 11.0. The van der Waals surface area contributed by atoms with Crippen LogP contribution >= 0.6 is 0 Å². The van der Waals surface area contributed by atoms with Gasteiger partial charge < -0.3 is 4.98 Å². The molecule has 0 saturated carbocycles. The molecule has 1 aliphatic heterocycles. The van der Waals surface area contributed by atoms with E-state index in [1.807, 2.05) is 36.9 Å². The molecule has 1 fully saturated rings. The van der Waals surface area contributed by atoms with Crippen LogP contribution in [0.1, 0.15) is 48.1 Å². The monoisotopic (exact) mass is 404 g/mol. The average molecular weight is 405 g/mol. The minimum absolute atomic E-state index is 0.533. The fraction of sp³-hybridized carbons (Fsp3) is 0.458. The van der Waals surface area contributed by atoms with Crippen molar-refractivity contribution in [3.8, 4) is 0 Å². The topological polar surface area (TPSA) is 60.9 Å². The molecule has 0 amide bonds. The first kappa shape index (κ1) is 20.7. The number of H-pyrrole nitrogens is 1. The smallest absolute Gasteiger partial charge is 0.120 e. The van der Waals surface area contributed by atoms with Gasteiger partial charge in [-0.05, 0) is 49.4 Å². The summed E-state index contributed by atoms with van der Waals surface area (Å²) in [6.45, 7) is 9.20. The zero-order chi connectivity index (χ0) is 20.8. The van der Waals surface area contributed by atoms with Gasteiger partial charge >= 0.3 is 0 Å². The summed E-state index contributed by atoms with van der Waals surface area (Å²) in [5, 5.41) is 0. The number of hydrogen-bond donors (Lipinski definition) is 1. The molecule has 1 aliphatic rings. The van der Waals surface area contributed by atoms with Crippen molar-refractivity contribution in [2.45, 2.75) is 58.8 Å². The lowest BCUT2D eigenvalue weighted by molar-refractivity contribution is 0.0899. The highest BCUT2D eigenvalue weighted by Crippen LogP contribution is 2.23. The van der Waals surface area contributed by atoms with E-state index in [4.69, 9.17) is 4.98 Å². The Morgan fingerprint density at radius 3 is 2.43 bits per heavy atom. The summed E-state index contributed by atoms with van der Waals surface area (Å²) < 4.78 is 0. The Morgan fingerprint density at radius 1 is 1.00 bits per heavy atom. The van der Waals surface area contributed by atoms with E-state index in [0.29, 0.717) is 6.04 Å². The highest BCUT2D eigenvalue weighted by atomic mass is 15.2. The SMILES string of the molecule is CCc1cccnc1CN(Cc1ncccc1C)C1CCN(Cc2ncc[nH]2)CC1. The minimum atomic E-state index is 0.533. The molecule has 0 unspecified atom stereocenters. The van der Waals surface area contributed by atoms with Crippen LogP contribution in [0.2, 0.25) is 0 Å². The summed E-state index contributed by atoms with van der Waals surface area (Å²) in [6.07, 6.45) is 10.9. The molecule has 1 saturated heterocycles. The predicted octanol–water partition coefficient (Wildman–Crippen LogP) is 3.74. The number of imidazole rings is 1. The molecule has 158 valence electrons. The van der Waals surface area contributed by atoms with Crippen LogP contribution in [0.5, 0.6) is 0 Å². The lowest BCUT2D eigenvalue weighted by Crippen LogP contribution is -2.44. The number of aromatic amines is 1. The highest BCUT2D eigenvalue weighted by molar-refractivity contribution is 5.21. The third-order valence-corrected chi connectivity index (χ3v) is 6.19. The largest absolute Gasteiger partial charge is 0.348 e. The first-order valence-electron chi connectivity index (χ1n) is 11.0. The van der Waals surface area contributed by atoms with Crippen LogP contribution in [0, 0.1) is 6.92 Å². The second-order valence-electron chi connectivity index (χ2n) is 8.18. The number of aromatic nitrogens is 4. The summed E-state index contributed by atoms with van der Waals surface area (Å²) in [6, 6.07) is 8.96. The molecule has 1 N–H and O–H groups in total. The Bertz CT molecular complexity index is 915. The number of aryl methyl sites for hydroxylation is 2. The van der Waals surface area contributed by atoms with E-state index in [1.165, 1.54) is 22.5 Å². The molecule has 0 spiro atoms. The van der Waals surface area contributed by atoms with Crippen LogP contribution in [0.25, 0.3) is 0 Å². The average Bonchev–Trinajstić information content (AvgIpc) is 3.29. The maximum Gasteiger partial charge on any atom is 0.120 e. The minimum Gasteiger partial charge on any atom is -0.348 e. The van der Waals surface area contributed by atoms with Crippen LogP contribution in [-0.4, -0.2) is 48.9 Å². The molecule has 4 heterocycles. The van der Waals surface area contributed by atoms with E-state index >= 15 is 0 Å². The van der Waals surface area contributed by atoms with Crippen molar-refractivity contribution in [2.24, 2.45) is 0 Å². The number of pyridine rings is 2. The maximum absolute atomic E-state index is 4.73. The van der Waals surface area contributed by atoms with Crippen LogP contribution in [0.4, 0.5) is 0 Å². The summed E-state index contributed by atoms with van der Waals surface area (Å²) in [5.74, 6) is 1.05. The van der Waals surface area contributed by atoms with E-state index in [-0.39, 0.29) is 0 Å². The normalized spacial score (nSPS) is 15.7. The Hall–Kier alpha value is -2.57. The number of likely N-dealkylation sites (tertiary alicyclic amines) is 1. The molecule has 3 aromatic rings.